The van der Waals surface area contributed by atoms with Crippen molar-refractivity contribution < 1.29 is 18.9 Å². The Hall–Kier alpha value is -3.46. The summed E-state index contributed by atoms with van der Waals surface area (Å²) in [6, 6.07) is 13.0. The second-order valence-corrected chi connectivity index (χ2v) is 6.88. The van der Waals surface area contributed by atoms with E-state index < -0.39 is 10.8 Å². The minimum atomic E-state index is -0.472. The van der Waals surface area contributed by atoms with Gasteiger partial charge < -0.3 is 9.15 Å². The van der Waals surface area contributed by atoms with Crippen molar-refractivity contribution in [2.75, 3.05) is 7.11 Å². The first kappa shape index (κ1) is 20.3. The summed E-state index contributed by atoms with van der Waals surface area (Å²) in [6.45, 7) is 1.90. The van der Waals surface area contributed by atoms with Gasteiger partial charge in [0.1, 0.15) is 17.3 Å². The van der Waals surface area contributed by atoms with Crippen LogP contribution in [-0.2, 0) is 0 Å². The summed E-state index contributed by atoms with van der Waals surface area (Å²) < 4.78 is 11.4. The topological polar surface area (TPSA) is 107 Å². The molecule has 1 heterocycles. The second kappa shape index (κ2) is 8.70. The minimum Gasteiger partial charge on any atom is -0.496 e. The SMILES string of the molecule is COc1cc(C)ccc1C(=O)N/N=C\c1ccc(-c2ccc([N+](=O)[O-])cc2Br)o1. The van der Waals surface area contributed by atoms with Gasteiger partial charge >= 0.3 is 0 Å². The molecule has 0 aliphatic rings. The molecule has 2 aromatic carbocycles. The van der Waals surface area contributed by atoms with Crippen LogP contribution >= 0.6 is 15.9 Å². The molecular weight excluding hydrogens is 442 g/mol. The van der Waals surface area contributed by atoms with E-state index in [9.17, 15) is 14.9 Å². The molecule has 0 aliphatic carbocycles. The Morgan fingerprint density at radius 2 is 2.03 bits per heavy atom. The van der Waals surface area contributed by atoms with Gasteiger partial charge in [-0.2, -0.15) is 5.10 Å². The number of hydrogen-bond acceptors (Lipinski definition) is 6. The molecule has 148 valence electrons. The molecule has 0 atom stereocenters. The number of carbonyl (C=O) groups excluding carboxylic acids is 1. The summed E-state index contributed by atoms with van der Waals surface area (Å²) >= 11 is 3.31. The van der Waals surface area contributed by atoms with E-state index in [0.29, 0.717) is 32.9 Å². The molecule has 3 aromatic rings. The number of nitrogens with one attached hydrogen (secondary N) is 1. The number of furan rings is 1. The summed E-state index contributed by atoms with van der Waals surface area (Å²) in [6.07, 6.45) is 1.36. The van der Waals surface area contributed by atoms with E-state index in [2.05, 4.69) is 26.5 Å². The Morgan fingerprint density at radius 3 is 2.72 bits per heavy atom. The van der Waals surface area contributed by atoms with E-state index in [0.717, 1.165) is 5.56 Å². The molecule has 0 saturated carbocycles. The van der Waals surface area contributed by atoms with Crippen LogP contribution in [0.1, 0.15) is 21.7 Å². The fourth-order valence-electron chi connectivity index (χ4n) is 2.59. The second-order valence-electron chi connectivity index (χ2n) is 6.03. The van der Waals surface area contributed by atoms with Gasteiger partial charge in [0.05, 0.1) is 23.8 Å². The molecule has 0 spiro atoms. The van der Waals surface area contributed by atoms with Crippen LogP contribution in [0.5, 0.6) is 5.75 Å². The number of nitro benzene ring substituents is 1. The normalized spacial score (nSPS) is 10.9. The van der Waals surface area contributed by atoms with Crippen molar-refractivity contribution in [3.63, 3.8) is 0 Å². The molecule has 3 rings (SSSR count). The molecule has 1 N–H and O–H groups in total. The third-order valence-corrected chi connectivity index (χ3v) is 4.67. The van der Waals surface area contributed by atoms with Crippen LogP contribution in [0.15, 0.2) is 62.5 Å². The van der Waals surface area contributed by atoms with Gasteiger partial charge in [-0.25, -0.2) is 5.43 Å². The van der Waals surface area contributed by atoms with Crippen LogP contribution in [0, 0.1) is 17.0 Å². The molecule has 9 heteroatoms. The third kappa shape index (κ3) is 4.69. The highest BCUT2D eigenvalue weighted by molar-refractivity contribution is 9.10. The number of benzene rings is 2. The summed E-state index contributed by atoms with van der Waals surface area (Å²) in [5.41, 5.74) is 4.40. The standard InChI is InChI=1S/C20H16BrN3O5/c1-12-3-6-16(19(9-12)28-2)20(25)23-22-11-14-5-8-18(29-14)15-7-4-13(24(26)27)10-17(15)21/h3-11H,1-2H3,(H,23,25)/b22-11-. The number of carbonyl (C=O) groups is 1. The number of non-ortho nitro benzene ring substituents is 1. The summed E-state index contributed by atoms with van der Waals surface area (Å²) in [4.78, 5) is 22.7. The maximum absolute atomic E-state index is 12.3. The van der Waals surface area contributed by atoms with Crippen molar-refractivity contribution in [1.29, 1.82) is 0 Å². The lowest BCUT2D eigenvalue weighted by Gasteiger charge is -2.07. The third-order valence-electron chi connectivity index (χ3n) is 4.02. The number of amides is 1. The highest BCUT2D eigenvalue weighted by Gasteiger charge is 2.14. The summed E-state index contributed by atoms with van der Waals surface area (Å²) in [7, 11) is 1.50. The highest BCUT2D eigenvalue weighted by Crippen LogP contribution is 2.32. The number of hydrazone groups is 1. The molecular formula is C20H16BrN3O5. The van der Waals surface area contributed by atoms with E-state index in [-0.39, 0.29) is 5.69 Å². The van der Waals surface area contributed by atoms with Crippen LogP contribution in [0.3, 0.4) is 0 Å². The van der Waals surface area contributed by atoms with E-state index >= 15 is 0 Å². The van der Waals surface area contributed by atoms with E-state index in [4.69, 9.17) is 9.15 Å². The number of halogens is 1. The van der Waals surface area contributed by atoms with Crippen LogP contribution in [-0.4, -0.2) is 24.2 Å². The Labute approximate surface area is 174 Å². The summed E-state index contributed by atoms with van der Waals surface area (Å²) in [5.74, 6) is 0.949. The minimum absolute atomic E-state index is 0.0248. The molecule has 0 saturated heterocycles. The Morgan fingerprint density at radius 1 is 1.24 bits per heavy atom. The lowest BCUT2D eigenvalue weighted by molar-refractivity contribution is -0.384. The van der Waals surface area contributed by atoms with Crippen LogP contribution in [0.2, 0.25) is 0 Å². The number of hydrogen-bond donors (Lipinski definition) is 1. The molecule has 1 aromatic heterocycles. The lowest BCUT2D eigenvalue weighted by atomic mass is 10.1. The predicted octanol–water partition coefficient (Wildman–Crippen LogP) is 4.70. The lowest BCUT2D eigenvalue weighted by Crippen LogP contribution is -2.18. The van der Waals surface area contributed by atoms with Gasteiger partial charge in [0.25, 0.3) is 11.6 Å². The largest absolute Gasteiger partial charge is 0.496 e. The summed E-state index contributed by atoms with van der Waals surface area (Å²) in [5, 5.41) is 14.7. The Bertz CT molecular complexity index is 1110. The molecule has 1 amide bonds. The maximum atomic E-state index is 12.3. The van der Waals surface area contributed by atoms with Gasteiger partial charge in [0, 0.05) is 22.2 Å². The van der Waals surface area contributed by atoms with Crippen LogP contribution < -0.4 is 10.2 Å². The predicted molar refractivity (Wildman–Crippen MR) is 111 cm³/mol. The Kier molecular flexibility index (Phi) is 6.08. The highest BCUT2D eigenvalue weighted by atomic mass is 79.9. The smallest absolute Gasteiger partial charge is 0.275 e. The van der Waals surface area contributed by atoms with Crippen molar-refractivity contribution in [3.05, 3.63) is 80.0 Å². The molecule has 0 radical (unpaired) electrons. The number of aryl methyl sites for hydroxylation is 1. The first-order chi connectivity index (χ1) is 13.9. The number of rotatable bonds is 6. The first-order valence-corrected chi connectivity index (χ1v) is 9.20. The van der Waals surface area contributed by atoms with Crippen molar-refractivity contribution in [1.82, 2.24) is 5.43 Å². The molecule has 0 fully saturated rings. The molecule has 0 unspecified atom stereocenters. The van der Waals surface area contributed by atoms with Crippen LogP contribution in [0.4, 0.5) is 5.69 Å². The van der Waals surface area contributed by atoms with Gasteiger partial charge in [-0.05, 0) is 58.7 Å². The fraction of sp³-hybridized carbons (Fsp3) is 0.100. The number of nitrogens with zero attached hydrogens (tertiary/aromatic N) is 2. The fourth-order valence-corrected chi connectivity index (χ4v) is 3.15. The van der Waals surface area contributed by atoms with Gasteiger partial charge in [0.2, 0.25) is 0 Å². The first-order valence-electron chi connectivity index (χ1n) is 8.41. The van der Waals surface area contributed by atoms with E-state index in [1.165, 1.54) is 25.5 Å². The number of nitro groups is 1. The number of methoxy groups -OCH3 is 1. The number of ether oxygens (including phenoxy) is 1. The van der Waals surface area contributed by atoms with E-state index in [1.54, 1.807) is 30.3 Å². The van der Waals surface area contributed by atoms with Gasteiger partial charge in [-0.3, -0.25) is 14.9 Å². The van der Waals surface area contributed by atoms with Crippen molar-refractivity contribution >= 4 is 33.7 Å². The Balaban J connectivity index is 1.71. The quantitative estimate of drug-likeness (QED) is 0.328. The average Bonchev–Trinajstić information content (AvgIpc) is 3.16. The molecule has 29 heavy (non-hydrogen) atoms. The van der Waals surface area contributed by atoms with Crippen molar-refractivity contribution in [3.8, 4) is 17.1 Å². The molecule has 0 aliphatic heterocycles. The zero-order valence-electron chi connectivity index (χ0n) is 15.5. The van der Waals surface area contributed by atoms with E-state index in [1.807, 2.05) is 13.0 Å². The van der Waals surface area contributed by atoms with Crippen molar-refractivity contribution in [2.24, 2.45) is 5.10 Å². The monoisotopic (exact) mass is 457 g/mol. The van der Waals surface area contributed by atoms with Crippen molar-refractivity contribution in [2.45, 2.75) is 6.92 Å². The van der Waals surface area contributed by atoms with Gasteiger partial charge in [-0.15, -0.1) is 0 Å². The van der Waals surface area contributed by atoms with Gasteiger partial charge in [-0.1, -0.05) is 6.07 Å². The zero-order valence-corrected chi connectivity index (χ0v) is 17.1. The van der Waals surface area contributed by atoms with Crippen LogP contribution in [0.25, 0.3) is 11.3 Å². The van der Waals surface area contributed by atoms with Gasteiger partial charge in [0.15, 0.2) is 0 Å². The zero-order chi connectivity index (χ0) is 21.0. The maximum Gasteiger partial charge on any atom is 0.275 e. The molecule has 8 nitrogen and oxygen atoms in total. The molecule has 0 bridgehead atoms. The average molecular weight is 458 g/mol.